The van der Waals surface area contributed by atoms with Gasteiger partial charge in [-0.3, -0.25) is 4.79 Å². The van der Waals surface area contributed by atoms with Crippen molar-refractivity contribution < 1.29 is 22.7 Å². The minimum Gasteiger partial charge on any atom is -0.376 e. The number of aryl methyl sites for hydroxylation is 1. The van der Waals surface area contributed by atoms with E-state index in [0.717, 1.165) is 30.2 Å². The third-order valence-electron chi connectivity index (χ3n) is 4.73. The molecule has 0 aromatic carbocycles. The molecule has 3 aromatic heterocycles. The predicted octanol–water partition coefficient (Wildman–Crippen LogP) is 3.95. The Labute approximate surface area is 168 Å². The molecule has 4 heterocycles. The maximum Gasteiger partial charge on any atom is 0.433 e. The maximum atomic E-state index is 13.6. The number of rotatable bonds is 5. The Morgan fingerprint density at radius 3 is 2.86 bits per heavy atom. The molecule has 0 aliphatic carbocycles. The van der Waals surface area contributed by atoms with Gasteiger partial charge in [-0.2, -0.15) is 18.3 Å². The molecule has 1 saturated heterocycles. The van der Waals surface area contributed by atoms with E-state index in [0.29, 0.717) is 22.5 Å². The third-order valence-corrected chi connectivity index (χ3v) is 5.98. The van der Waals surface area contributed by atoms with Crippen molar-refractivity contribution in [2.24, 2.45) is 0 Å². The normalized spacial score (nSPS) is 17.2. The van der Waals surface area contributed by atoms with E-state index in [-0.39, 0.29) is 23.1 Å². The number of carbonyl (C=O) groups is 1. The highest BCUT2D eigenvalue weighted by molar-refractivity contribution is 7.15. The van der Waals surface area contributed by atoms with Crippen LogP contribution in [0.4, 0.5) is 13.2 Å². The number of nitrogens with one attached hydrogen (secondary N) is 1. The van der Waals surface area contributed by atoms with Gasteiger partial charge in [0.25, 0.3) is 5.91 Å². The van der Waals surface area contributed by atoms with Crippen LogP contribution >= 0.6 is 11.3 Å². The molecule has 6 nitrogen and oxygen atoms in total. The topological polar surface area (TPSA) is 68.5 Å². The summed E-state index contributed by atoms with van der Waals surface area (Å²) in [5.41, 5.74) is -0.898. The molecule has 4 rings (SSSR count). The number of amides is 1. The highest BCUT2D eigenvalue weighted by atomic mass is 32.1. The van der Waals surface area contributed by atoms with Crippen LogP contribution in [0.3, 0.4) is 0 Å². The fourth-order valence-corrected chi connectivity index (χ4v) is 4.13. The summed E-state index contributed by atoms with van der Waals surface area (Å²) in [5.74, 6) is -0.551. The Bertz CT molecular complexity index is 1040. The Hall–Kier alpha value is -2.46. The third kappa shape index (κ3) is 4.13. The average Bonchev–Trinajstić information content (AvgIpc) is 3.44. The van der Waals surface area contributed by atoms with E-state index < -0.39 is 17.8 Å². The van der Waals surface area contributed by atoms with Crippen molar-refractivity contribution >= 4 is 22.9 Å². The zero-order valence-electron chi connectivity index (χ0n) is 15.6. The van der Waals surface area contributed by atoms with Crippen molar-refractivity contribution in [3.63, 3.8) is 0 Å². The molecule has 29 heavy (non-hydrogen) atoms. The van der Waals surface area contributed by atoms with Crippen molar-refractivity contribution in [2.45, 2.75) is 38.5 Å². The minimum absolute atomic E-state index is 0.0245. The summed E-state index contributed by atoms with van der Waals surface area (Å²) in [5, 5.41) is 6.54. The van der Waals surface area contributed by atoms with Crippen LogP contribution < -0.4 is 5.32 Å². The molecule has 0 spiro atoms. The molecule has 1 fully saturated rings. The van der Waals surface area contributed by atoms with E-state index >= 15 is 0 Å². The fraction of sp³-hybridized carbons (Fsp3) is 0.421. The molecular weight excluding hydrogens is 405 g/mol. The summed E-state index contributed by atoms with van der Waals surface area (Å²) in [6.07, 6.45) is -2.15. The molecule has 0 radical (unpaired) electrons. The highest BCUT2D eigenvalue weighted by Gasteiger charge is 2.36. The van der Waals surface area contributed by atoms with Crippen LogP contribution in [0, 0.1) is 0 Å². The SMILES string of the molecule is CCc1ccc(-c2cc(C(F)(F)F)n3nc(C(=O)NCC4CCCO4)cc3n2)s1. The zero-order chi connectivity index (χ0) is 20.6. The summed E-state index contributed by atoms with van der Waals surface area (Å²) >= 11 is 1.40. The van der Waals surface area contributed by atoms with Crippen LogP contribution in [0.15, 0.2) is 24.3 Å². The molecule has 1 aliphatic heterocycles. The molecule has 1 N–H and O–H groups in total. The number of hydrogen-bond acceptors (Lipinski definition) is 5. The summed E-state index contributed by atoms with van der Waals surface area (Å²) in [4.78, 5) is 18.4. The van der Waals surface area contributed by atoms with Gasteiger partial charge in [0.05, 0.1) is 16.7 Å². The lowest BCUT2D eigenvalue weighted by Gasteiger charge is -2.10. The largest absolute Gasteiger partial charge is 0.433 e. The lowest BCUT2D eigenvalue weighted by Crippen LogP contribution is -2.32. The van der Waals surface area contributed by atoms with Gasteiger partial charge >= 0.3 is 6.18 Å². The molecule has 154 valence electrons. The van der Waals surface area contributed by atoms with E-state index in [1.807, 2.05) is 13.0 Å². The number of nitrogens with zero attached hydrogens (tertiary/aromatic N) is 3. The maximum absolute atomic E-state index is 13.6. The van der Waals surface area contributed by atoms with Crippen LogP contribution in [0.5, 0.6) is 0 Å². The van der Waals surface area contributed by atoms with Gasteiger partial charge in [-0.1, -0.05) is 6.92 Å². The number of thiophene rings is 1. The molecule has 0 bridgehead atoms. The monoisotopic (exact) mass is 424 g/mol. The predicted molar refractivity (Wildman–Crippen MR) is 102 cm³/mol. The van der Waals surface area contributed by atoms with Gasteiger partial charge in [0, 0.05) is 24.1 Å². The Morgan fingerprint density at radius 2 is 2.21 bits per heavy atom. The summed E-state index contributed by atoms with van der Waals surface area (Å²) in [6.45, 7) is 2.93. The van der Waals surface area contributed by atoms with Crippen LogP contribution in [-0.4, -0.2) is 39.8 Å². The Morgan fingerprint density at radius 1 is 1.38 bits per heavy atom. The van der Waals surface area contributed by atoms with Crippen molar-refractivity contribution in [1.29, 1.82) is 0 Å². The first-order valence-electron chi connectivity index (χ1n) is 9.32. The molecule has 1 aliphatic rings. The van der Waals surface area contributed by atoms with E-state index in [2.05, 4.69) is 15.4 Å². The Kier molecular flexibility index (Phi) is 5.30. The van der Waals surface area contributed by atoms with Crippen molar-refractivity contribution in [2.75, 3.05) is 13.2 Å². The number of aromatic nitrogens is 3. The van der Waals surface area contributed by atoms with Crippen LogP contribution in [0.25, 0.3) is 16.2 Å². The lowest BCUT2D eigenvalue weighted by atomic mass is 10.2. The van der Waals surface area contributed by atoms with E-state index in [1.165, 1.54) is 17.4 Å². The first-order chi connectivity index (χ1) is 13.8. The first kappa shape index (κ1) is 19.8. The van der Waals surface area contributed by atoms with E-state index in [4.69, 9.17) is 4.74 Å². The number of carbonyl (C=O) groups excluding carboxylic acids is 1. The van der Waals surface area contributed by atoms with Crippen molar-refractivity contribution in [1.82, 2.24) is 19.9 Å². The standard InChI is InChI=1S/C19H19F3N4O2S/c1-2-12-5-6-15(29-12)13-8-16(19(20,21)22)26-17(24-13)9-14(25-26)18(27)23-10-11-4-3-7-28-11/h5-6,8-9,11H,2-4,7,10H2,1H3,(H,23,27). The molecular formula is C19H19F3N4O2S. The summed E-state index contributed by atoms with van der Waals surface area (Å²) < 4.78 is 47.1. The minimum atomic E-state index is -4.64. The number of alkyl halides is 3. The number of halogens is 3. The molecule has 3 aromatic rings. The second-order valence-electron chi connectivity index (χ2n) is 6.79. The molecule has 1 amide bonds. The fourth-order valence-electron chi connectivity index (χ4n) is 3.22. The first-order valence-corrected chi connectivity index (χ1v) is 10.1. The molecule has 10 heteroatoms. The molecule has 0 saturated carbocycles. The Balaban J connectivity index is 1.69. The van der Waals surface area contributed by atoms with Gasteiger partial charge in [0.2, 0.25) is 0 Å². The van der Waals surface area contributed by atoms with Gasteiger partial charge < -0.3 is 10.1 Å². The van der Waals surface area contributed by atoms with Crippen LogP contribution in [0.2, 0.25) is 0 Å². The van der Waals surface area contributed by atoms with Gasteiger partial charge in [-0.15, -0.1) is 11.3 Å². The lowest BCUT2D eigenvalue weighted by molar-refractivity contribution is -0.142. The molecule has 1 atom stereocenters. The smallest absolute Gasteiger partial charge is 0.376 e. The van der Waals surface area contributed by atoms with Gasteiger partial charge in [-0.25, -0.2) is 9.50 Å². The number of ether oxygens (including phenoxy) is 1. The second-order valence-corrected chi connectivity index (χ2v) is 7.96. The number of fused-ring (bicyclic) bond motifs is 1. The number of hydrogen-bond donors (Lipinski definition) is 1. The quantitative estimate of drug-likeness (QED) is 0.674. The summed E-state index contributed by atoms with van der Waals surface area (Å²) in [7, 11) is 0. The second kappa shape index (κ2) is 7.75. The highest BCUT2D eigenvalue weighted by Crippen LogP contribution is 2.34. The van der Waals surface area contributed by atoms with Crippen LogP contribution in [0.1, 0.15) is 40.8 Å². The van der Waals surface area contributed by atoms with Gasteiger partial charge in [0.1, 0.15) is 0 Å². The van der Waals surface area contributed by atoms with Gasteiger partial charge in [0.15, 0.2) is 17.0 Å². The van der Waals surface area contributed by atoms with Crippen molar-refractivity contribution in [3.05, 3.63) is 40.5 Å². The van der Waals surface area contributed by atoms with Crippen molar-refractivity contribution in [3.8, 4) is 10.6 Å². The zero-order valence-corrected chi connectivity index (χ0v) is 16.4. The average molecular weight is 424 g/mol. The molecule has 1 unspecified atom stereocenters. The van der Waals surface area contributed by atoms with E-state index in [1.54, 1.807) is 6.07 Å². The summed E-state index contributed by atoms with van der Waals surface area (Å²) in [6, 6.07) is 5.88. The van der Waals surface area contributed by atoms with Gasteiger partial charge in [-0.05, 0) is 37.5 Å². The van der Waals surface area contributed by atoms with Crippen LogP contribution in [-0.2, 0) is 17.3 Å². The van der Waals surface area contributed by atoms with E-state index in [9.17, 15) is 18.0 Å².